The summed E-state index contributed by atoms with van der Waals surface area (Å²) in [5.74, 6) is -4.84. The molecule has 7 unspecified atom stereocenters. The van der Waals surface area contributed by atoms with E-state index in [1.54, 1.807) is 0 Å². The topological polar surface area (TPSA) is 269 Å². The normalized spacial score (nSPS) is 51.8. The van der Waals surface area contributed by atoms with Gasteiger partial charge in [0.25, 0.3) is 0 Å². The zero-order valence-electron chi connectivity index (χ0n) is 17.8. The first kappa shape index (κ1) is 27.9. The highest BCUT2D eigenvalue weighted by atomic mass is 16.8. The van der Waals surface area contributed by atoms with Crippen LogP contribution in [-0.4, -0.2) is 168 Å². The number of aliphatic hydroxyl groups is 11. The van der Waals surface area contributed by atoms with Crippen molar-refractivity contribution < 1.29 is 79.9 Å². The molecule has 0 aromatic heterocycles. The van der Waals surface area contributed by atoms with Crippen molar-refractivity contribution >= 4 is 0 Å². The second-order valence-electron chi connectivity index (χ2n) is 8.40. The summed E-state index contributed by atoms with van der Waals surface area (Å²) in [6, 6.07) is 0. The lowest BCUT2D eigenvalue weighted by Crippen LogP contribution is -2.63. The standard InChI is InChI=1S/C18H32O16/c19-1-6-9(24)11(26)12(27)16(30-6)34-18(5-23)15(29)13(8(3-21)32-18)33-17(4-22)14(28)10(25)7(2-20)31-17/h6-16,19-29H,1-5H2/t6?,7?,8?,9-,10-,11?,12?,13-,14?,15?,16-,17+,18+/m1/s1. The number of ether oxygens (including phenoxy) is 5. The fourth-order valence-electron chi connectivity index (χ4n) is 4.26. The van der Waals surface area contributed by atoms with E-state index in [9.17, 15) is 56.2 Å². The van der Waals surface area contributed by atoms with Crippen LogP contribution < -0.4 is 0 Å². The van der Waals surface area contributed by atoms with Gasteiger partial charge in [-0.2, -0.15) is 0 Å². The van der Waals surface area contributed by atoms with Crippen molar-refractivity contribution in [2.24, 2.45) is 0 Å². The molecule has 3 aliphatic rings. The smallest absolute Gasteiger partial charge is 0.224 e. The van der Waals surface area contributed by atoms with Gasteiger partial charge in [-0.25, -0.2) is 0 Å². The molecule has 3 aliphatic heterocycles. The van der Waals surface area contributed by atoms with E-state index in [4.69, 9.17) is 23.7 Å². The first-order chi connectivity index (χ1) is 16.0. The zero-order chi connectivity index (χ0) is 25.4. The average Bonchev–Trinajstić information content (AvgIpc) is 3.25. The second kappa shape index (κ2) is 10.8. The summed E-state index contributed by atoms with van der Waals surface area (Å²) in [6.07, 6.45) is -18.9. The number of rotatable bonds is 9. The highest BCUT2D eigenvalue weighted by molar-refractivity contribution is 5.03. The minimum absolute atomic E-state index is 0.753. The van der Waals surface area contributed by atoms with E-state index < -0.39 is 112 Å². The largest absolute Gasteiger partial charge is 0.394 e. The molecule has 3 saturated heterocycles. The molecular formula is C18H32O16. The molecule has 200 valence electrons. The molecule has 3 fully saturated rings. The molecule has 34 heavy (non-hydrogen) atoms. The molecule has 0 bridgehead atoms. The molecule has 0 spiro atoms. The second-order valence-corrected chi connectivity index (χ2v) is 8.40. The Bertz CT molecular complexity index is 668. The summed E-state index contributed by atoms with van der Waals surface area (Å²) in [5.41, 5.74) is 0. The first-order valence-electron chi connectivity index (χ1n) is 10.5. The van der Waals surface area contributed by atoms with Gasteiger partial charge < -0.3 is 79.9 Å². The molecule has 0 aromatic rings. The SMILES string of the molecule is OCC1O[C@H](O[C@]2(CO)OC(CO)[C@@H](O[C@]3(CO)OC(CO)[C@@H](O)C3O)C2O)C(O)C(O)[C@@H]1O. The number of hydrogen-bond donors (Lipinski definition) is 11. The lowest BCUT2D eigenvalue weighted by molar-refractivity contribution is -0.384. The van der Waals surface area contributed by atoms with Gasteiger partial charge >= 0.3 is 0 Å². The van der Waals surface area contributed by atoms with E-state index in [-0.39, 0.29) is 0 Å². The zero-order valence-corrected chi connectivity index (χ0v) is 17.8. The van der Waals surface area contributed by atoms with Crippen LogP contribution in [0.5, 0.6) is 0 Å². The monoisotopic (exact) mass is 504 g/mol. The first-order valence-corrected chi connectivity index (χ1v) is 10.5. The maximum Gasteiger partial charge on any atom is 0.224 e. The van der Waals surface area contributed by atoms with Crippen LogP contribution >= 0.6 is 0 Å². The lowest BCUT2D eigenvalue weighted by atomic mass is 9.98. The Hall–Kier alpha value is -0.640. The summed E-state index contributed by atoms with van der Waals surface area (Å²) in [6.45, 7) is -4.59. The van der Waals surface area contributed by atoms with Crippen LogP contribution in [0, 0.1) is 0 Å². The van der Waals surface area contributed by atoms with E-state index in [0.29, 0.717) is 0 Å². The van der Waals surface area contributed by atoms with E-state index in [1.807, 2.05) is 0 Å². The Morgan fingerprint density at radius 3 is 1.59 bits per heavy atom. The van der Waals surface area contributed by atoms with Gasteiger partial charge in [-0.15, -0.1) is 0 Å². The van der Waals surface area contributed by atoms with E-state index >= 15 is 0 Å². The molecule has 0 aliphatic carbocycles. The molecule has 3 rings (SSSR count). The third-order valence-corrected chi connectivity index (χ3v) is 6.29. The Kier molecular flexibility index (Phi) is 8.85. The van der Waals surface area contributed by atoms with Gasteiger partial charge in [0.2, 0.25) is 11.6 Å². The number of aliphatic hydroxyl groups excluding tert-OH is 11. The summed E-state index contributed by atoms with van der Waals surface area (Å²) in [5, 5.41) is 110. The van der Waals surface area contributed by atoms with E-state index in [0.717, 1.165) is 0 Å². The predicted molar refractivity (Wildman–Crippen MR) is 101 cm³/mol. The van der Waals surface area contributed by atoms with Crippen molar-refractivity contribution in [3.63, 3.8) is 0 Å². The Labute approximate surface area is 192 Å². The lowest BCUT2D eigenvalue weighted by Gasteiger charge is -2.43. The Morgan fingerprint density at radius 1 is 0.559 bits per heavy atom. The van der Waals surface area contributed by atoms with Crippen LogP contribution in [0.3, 0.4) is 0 Å². The Balaban J connectivity index is 1.84. The van der Waals surface area contributed by atoms with Crippen molar-refractivity contribution in [1.82, 2.24) is 0 Å². The van der Waals surface area contributed by atoms with Crippen LogP contribution in [0.2, 0.25) is 0 Å². The highest BCUT2D eigenvalue weighted by Crippen LogP contribution is 2.41. The summed E-state index contributed by atoms with van der Waals surface area (Å²) in [4.78, 5) is 0. The van der Waals surface area contributed by atoms with Gasteiger partial charge in [0.05, 0.1) is 19.8 Å². The minimum atomic E-state index is -2.47. The quantitative estimate of drug-likeness (QED) is 0.139. The molecule has 0 aromatic carbocycles. The van der Waals surface area contributed by atoms with Gasteiger partial charge in [-0.3, -0.25) is 0 Å². The third-order valence-electron chi connectivity index (χ3n) is 6.29. The summed E-state index contributed by atoms with van der Waals surface area (Å²) >= 11 is 0. The van der Waals surface area contributed by atoms with Crippen molar-refractivity contribution in [2.45, 2.75) is 78.9 Å². The molecule has 0 saturated carbocycles. The van der Waals surface area contributed by atoms with Crippen LogP contribution in [0.15, 0.2) is 0 Å². The molecule has 3 heterocycles. The third kappa shape index (κ3) is 4.59. The Morgan fingerprint density at radius 2 is 1.09 bits per heavy atom. The molecule has 0 amide bonds. The van der Waals surface area contributed by atoms with Crippen LogP contribution in [-0.2, 0) is 23.7 Å². The van der Waals surface area contributed by atoms with Gasteiger partial charge in [-0.05, 0) is 0 Å². The average molecular weight is 504 g/mol. The summed E-state index contributed by atoms with van der Waals surface area (Å²) < 4.78 is 26.9. The van der Waals surface area contributed by atoms with Crippen LogP contribution in [0.1, 0.15) is 0 Å². The van der Waals surface area contributed by atoms with Gasteiger partial charge in [0.1, 0.15) is 74.3 Å². The predicted octanol–water partition coefficient (Wildman–Crippen LogP) is -7.57. The highest BCUT2D eigenvalue weighted by Gasteiger charge is 2.63. The molecule has 16 heteroatoms. The van der Waals surface area contributed by atoms with Crippen LogP contribution in [0.25, 0.3) is 0 Å². The van der Waals surface area contributed by atoms with Crippen molar-refractivity contribution in [3.8, 4) is 0 Å². The fraction of sp³-hybridized carbons (Fsp3) is 1.00. The fourth-order valence-corrected chi connectivity index (χ4v) is 4.26. The van der Waals surface area contributed by atoms with E-state index in [1.165, 1.54) is 0 Å². The molecule has 11 N–H and O–H groups in total. The molecule has 16 nitrogen and oxygen atoms in total. The van der Waals surface area contributed by atoms with Crippen molar-refractivity contribution in [3.05, 3.63) is 0 Å². The van der Waals surface area contributed by atoms with Gasteiger partial charge in [0, 0.05) is 0 Å². The molecule has 13 atom stereocenters. The van der Waals surface area contributed by atoms with Crippen LogP contribution in [0.4, 0.5) is 0 Å². The van der Waals surface area contributed by atoms with Gasteiger partial charge in [-0.1, -0.05) is 0 Å². The minimum Gasteiger partial charge on any atom is -0.394 e. The maximum atomic E-state index is 10.9. The van der Waals surface area contributed by atoms with Crippen molar-refractivity contribution in [2.75, 3.05) is 33.0 Å². The molecular weight excluding hydrogens is 472 g/mol. The number of hydrogen-bond acceptors (Lipinski definition) is 16. The maximum absolute atomic E-state index is 10.9. The molecule has 0 radical (unpaired) electrons. The summed E-state index contributed by atoms with van der Waals surface area (Å²) in [7, 11) is 0. The van der Waals surface area contributed by atoms with Gasteiger partial charge in [0.15, 0.2) is 6.29 Å². The van der Waals surface area contributed by atoms with E-state index in [2.05, 4.69) is 0 Å². The van der Waals surface area contributed by atoms with Crippen molar-refractivity contribution in [1.29, 1.82) is 0 Å².